The van der Waals surface area contributed by atoms with Gasteiger partial charge >= 0.3 is 23.9 Å². The molecule has 0 saturated carbocycles. The summed E-state index contributed by atoms with van der Waals surface area (Å²) in [6.07, 6.45) is -7.19. The van der Waals surface area contributed by atoms with E-state index in [0.717, 1.165) is 46.9 Å². The number of benzene rings is 1. The number of nitro benzene ring substituents is 1. The number of carbonyl (C=O) groups is 5. The van der Waals surface area contributed by atoms with Crippen molar-refractivity contribution in [1.29, 1.82) is 0 Å². The van der Waals surface area contributed by atoms with Gasteiger partial charge in [0.05, 0.1) is 12.0 Å². The minimum absolute atomic E-state index is 0.191. The molecular weight excluding hydrogens is 502 g/mol. The number of rotatable bonds is 10. The van der Waals surface area contributed by atoms with Crippen LogP contribution in [0, 0.1) is 10.1 Å². The van der Waals surface area contributed by atoms with Crippen LogP contribution in [-0.2, 0) is 42.9 Å². The quantitative estimate of drug-likeness (QED) is 0.137. The average molecular weight is 527 g/mol. The third-order valence-corrected chi connectivity index (χ3v) is 4.85. The SMILES string of the molecule is COc1c(O[C@@H]2O[C@H](COC(C)=O)[C@@H](OC(C)=O)[C@H](OC(C)=O)[C@H]2OC(C)=O)ccc([N+](=O)[O-])c1C=O. The zero-order chi connectivity index (χ0) is 27.9. The summed E-state index contributed by atoms with van der Waals surface area (Å²) >= 11 is 0. The fourth-order valence-corrected chi connectivity index (χ4v) is 3.55. The lowest BCUT2D eigenvalue weighted by atomic mass is 9.98. The normalized spacial score (nSPS) is 22.7. The van der Waals surface area contributed by atoms with Crippen molar-refractivity contribution in [3.8, 4) is 11.5 Å². The van der Waals surface area contributed by atoms with E-state index in [4.69, 9.17) is 33.2 Å². The standard InChI is InChI=1S/C22H25NO14/c1-10(25)32-9-17-19(33-11(2)26)20(34-12(3)27)21(35-13(4)28)22(37-17)36-16-7-6-15(23(29)30)14(8-24)18(16)31-5/h6-8,17,19-22H,9H2,1-5H3/t17-,19-,20+,21-,22-/m1/s1. The van der Waals surface area contributed by atoms with E-state index in [1.165, 1.54) is 0 Å². The molecule has 1 fully saturated rings. The second kappa shape index (κ2) is 12.6. The lowest BCUT2D eigenvalue weighted by molar-refractivity contribution is -0.385. The number of hydrogen-bond acceptors (Lipinski definition) is 14. The van der Waals surface area contributed by atoms with E-state index in [2.05, 4.69) is 0 Å². The van der Waals surface area contributed by atoms with E-state index in [1.54, 1.807) is 0 Å². The van der Waals surface area contributed by atoms with E-state index in [9.17, 15) is 34.1 Å². The number of ether oxygens (including phenoxy) is 7. The van der Waals surface area contributed by atoms with Crippen molar-refractivity contribution in [2.45, 2.75) is 58.4 Å². The van der Waals surface area contributed by atoms with E-state index in [0.29, 0.717) is 0 Å². The van der Waals surface area contributed by atoms with Crippen LogP contribution < -0.4 is 9.47 Å². The lowest BCUT2D eigenvalue weighted by Crippen LogP contribution is -2.63. The molecule has 0 unspecified atom stereocenters. The second-order valence-electron chi connectivity index (χ2n) is 7.59. The van der Waals surface area contributed by atoms with Gasteiger partial charge in [0.25, 0.3) is 5.69 Å². The Morgan fingerprint density at radius 3 is 2.00 bits per heavy atom. The highest BCUT2D eigenvalue weighted by Gasteiger charge is 2.53. The van der Waals surface area contributed by atoms with Gasteiger partial charge in [0.15, 0.2) is 30.0 Å². The van der Waals surface area contributed by atoms with Gasteiger partial charge in [0.1, 0.15) is 18.3 Å². The minimum atomic E-state index is -1.63. The molecule has 1 saturated heterocycles. The number of aldehydes is 1. The van der Waals surface area contributed by atoms with Gasteiger partial charge in [-0.05, 0) is 6.07 Å². The van der Waals surface area contributed by atoms with Crippen LogP contribution in [-0.4, -0.2) is 79.5 Å². The first-order valence-corrected chi connectivity index (χ1v) is 10.7. The van der Waals surface area contributed by atoms with Crippen molar-refractivity contribution in [3.05, 3.63) is 27.8 Å². The monoisotopic (exact) mass is 527 g/mol. The number of carbonyl (C=O) groups excluding carboxylic acids is 5. The number of hydrogen-bond donors (Lipinski definition) is 0. The molecular formula is C22H25NO14. The van der Waals surface area contributed by atoms with Gasteiger partial charge in [-0.3, -0.25) is 34.1 Å². The molecule has 1 aliphatic heterocycles. The Bertz CT molecular complexity index is 1070. The molecule has 0 radical (unpaired) electrons. The zero-order valence-electron chi connectivity index (χ0n) is 20.5. The van der Waals surface area contributed by atoms with Crippen molar-refractivity contribution in [3.63, 3.8) is 0 Å². The van der Waals surface area contributed by atoms with Crippen LogP contribution >= 0.6 is 0 Å². The van der Waals surface area contributed by atoms with E-state index < -0.39 is 77.4 Å². The van der Waals surface area contributed by atoms with Gasteiger partial charge in [-0.25, -0.2) is 0 Å². The maximum Gasteiger partial charge on any atom is 0.303 e. The van der Waals surface area contributed by atoms with Gasteiger partial charge in [-0.2, -0.15) is 0 Å². The van der Waals surface area contributed by atoms with E-state index >= 15 is 0 Å². The number of esters is 4. The second-order valence-corrected chi connectivity index (χ2v) is 7.59. The van der Waals surface area contributed by atoms with E-state index in [-0.39, 0.29) is 17.8 Å². The van der Waals surface area contributed by atoms with Crippen LogP contribution in [0.1, 0.15) is 38.1 Å². The van der Waals surface area contributed by atoms with Crippen molar-refractivity contribution >= 4 is 35.9 Å². The molecule has 2 rings (SSSR count). The van der Waals surface area contributed by atoms with Crippen molar-refractivity contribution < 1.29 is 62.1 Å². The van der Waals surface area contributed by atoms with Crippen LogP contribution in [0.4, 0.5) is 5.69 Å². The Morgan fingerprint density at radius 1 is 0.946 bits per heavy atom. The predicted octanol–water partition coefficient (Wildman–Crippen LogP) is 0.878. The molecule has 0 amide bonds. The highest BCUT2D eigenvalue weighted by Crippen LogP contribution is 2.39. The predicted molar refractivity (Wildman–Crippen MR) is 118 cm³/mol. The molecule has 0 spiro atoms. The first kappa shape index (κ1) is 29.0. The highest BCUT2D eigenvalue weighted by atomic mass is 16.7. The molecule has 15 nitrogen and oxygen atoms in total. The van der Waals surface area contributed by atoms with Gasteiger partial charge in [-0.1, -0.05) is 0 Å². The van der Waals surface area contributed by atoms with Crippen LogP contribution in [0.2, 0.25) is 0 Å². The van der Waals surface area contributed by atoms with Gasteiger partial charge in [-0.15, -0.1) is 0 Å². The van der Waals surface area contributed by atoms with Crippen molar-refractivity contribution in [2.75, 3.05) is 13.7 Å². The fourth-order valence-electron chi connectivity index (χ4n) is 3.55. The van der Waals surface area contributed by atoms with Crippen LogP contribution in [0.15, 0.2) is 12.1 Å². The van der Waals surface area contributed by atoms with Crippen LogP contribution in [0.3, 0.4) is 0 Å². The molecule has 202 valence electrons. The largest absolute Gasteiger partial charge is 0.492 e. The topological polar surface area (TPSA) is 193 Å². The maximum atomic E-state index is 11.9. The molecule has 1 aliphatic rings. The van der Waals surface area contributed by atoms with E-state index in [1.807, 2.05) is 0 Å². The van der Waals surface area contributed by atoms with Crippen molar-refractivity contribution in [1.82, 2.24) is 0 Å². The Labute approximate surface area is 210 Å². The van der Waals surface area contributed by atoms with Gasteiger partial charge in [0.2, 0.25) is 12.4 Å². The van der Waals surface area contributed by atoms with Gasteiger partial charge in [0, 0.05) is 33.8 Å². The van der Waals surface area contributed by atoms with Crippen molar-refractivity contribution in [2.24, 2.45) is 0 Å². The number of nitro groups is 1. The Kier molecular flexibility index (Phi) is 9.88. The number of nitrogens with zero attached hydrogens (tertiary/aromatic N) is 1. The van der Waals surface area contributed by atoms with Crippen LogP contribution in [0.5, 0.6) is 11.5 Å². The molecule has 0 bridgehead atoms. The fraction of sp³-hybridized carbons (Fsp3) is 0.500. The zero-order valence-corrected chi connectivity index (χ0v) is 20.5. The first-order chi connectivity index (χ1) is 17.4. The Morgan fingerprint density at radius 2 is 1.51 bits per heavy atom. The molecule has 37 heavy (non-hydrogen) atoms. The molecule has 1 aromatic rings. The molecule has 0 aromatic heterocycles. The van der Waals surface area contributed by atoms with Gasteiger partial charge < -0.3 is 33.2 Å². The first-order valence-electron chi connectivity index (χ1n) is 10.7. The summed E-state index contributed by atoms with van der Waals surface area (Å²) < 4.78 is 37.6. The summed E-state index contributed by atoms with van der Waals surface area (Å²) in [5.41, 5.74) is -1.02. The summed E-state index contributed by atoms with van der Waals surface area (Å²) in [6, 6.07) is 2.09. The minimum Gasteiger partial charge on any atom is -0.492 e. The average Bonchev–Trinajstić information content (AvgIpc) is 2.79. The van der Waals surface area contributed by atoms with Crippen LogP contribution in [0.25, 0.3) is 0 Å². The number of methoxy groups -OCH3 is 1. The molecule has 1 heterocycles. The molecule has 15 heteroatoms. The third kappa shape index (κ3) is 7.36. The molecule has 0 N–H and O–H groups in total. The highest BCUT2D eigenvalue weighted by molar-refractivity contribution is 5.87. The summed E-state index contributed by atoms with van der Waals surface area (Å²) in [5.74, 6) is -3.80. The molecule has 0 aliphatic carbocycles. The Balaban J connectivity index is 2.61. The molecule has 5 atom stereocenters. The lowest BCUT2D eigenvalue weighted by Gasteiger charge is -2.44. The summed E-state index contributed by atoms with van der Waals surface area (Å²) in [4.78, 5) is 69.1. The third-order valence-electron chi connectivity index (χ3n) is 4.85. The molecule has 1 aromatic carbocycles. The smallest absolute Gasteiger partial charge is 0.303 e. The summed E-state index contributed by atoms with van der Waals surface area (Å²) in [7, 11) is 1.13. The Hall–Kier alpha value is -4.27. The maximum absolute atomic E-state index is 11.9. The summed E-state index contributed by atoms with van der Waals surface area (Å²) in [5, 5.41) is 11.3. The summed E-state index contributed by atoms with van der Waals surface area (Å²) in [6.45, 7) is 3.79.